The average molecular weight is 305 g/mol. The fourth-order valence-electron chi connectivity index (χ4n) is 1.54. The minimum atomic E-state index is -0.268. The van der Waals surface area contributed by atoms with Gasteiger partial charge in [-0.25, -0.2) is 4.39 Å². The molecule has 0 aliphatic heterocycles. The van der Waals surface area contributed by atoms with E-state index >= 15 is 0 Å². The van der Waals surface area contributed by atoms with Crippen molar-refractivity contribution < 1.29 is 4.39 Å². The first kappa shape index (κ1) is 12.6. The molecule has 0 saturated carbocycles. The molecule has 0 aliphatic carbocycles. The average Bonchev–Trinajstić information content (AvgIpc) is 2.36. The molecule has 0 aromatic heterocycles. The van der Waals surface area contributed by atoms with Crippen LogP contribution in [0.15, 0.2) is 40.9 Å². The summed E-state index contributed by atoms with van der Waals surface area (Å²) < 4.78 is 14.2. The number of nitrogens with one attached hydrogen (secondary N) is 1. The fourth-order valence-corrected chi connectivity index (χ4v) is 1.91. The van der Waals surface area contributed by atoms with Gasteiger partial charge in [0, 0.05) is 10.2 Å². The molecule has 0 atom stereocenters. The maximum Gasteiger partial charge on any atom is 0.128 e. The van der Waals surface area contributed by atoms with Crippen molar-refractivity contribution in [2.75, 3.05) is 5.32 Å². The molecule has 0 radical (unpaired) electrons. The van der Waals surface area contributed by atoms with E-state index in [1.165, 1.54) is 6.07 Å². The van der Waals surface area contributed by atoms with Crippen molar-refractivity contribution in [3.8, 4) is 6.07 Å². The first-order valence-corrected chi connectivity index (χ1v) is 6.12. The molecular weight excluding hydrogens is 295 g/mol. The van der Waals surface area contributed by atoms with Crippen LogP contribution in [0, 0.1) is 24.1 Å². The number of anilines is 2. The Morgan fingerprint density at radius 1 is 1.22 bits per heavy atom. The van der Waals surface area contributed by atoms with Gasteiger partial charge in [0.05, 0.1) is 11.3 Å². The maximum atomic E-state index is 13.4. The number of benzene rings is 2. The molecule has 90 valence electrons. The van der Waals surface area contributed by atoms with Crippen molar-refractivity contribution in [3.05, 3.63) is 57.8 Å². The molecule has 1 N–H and O–H groups in total. The lowest BCUT2D eigenvalue weighted by Gasteiger charge is -2.09. The summed E-state index contributed by atoms with van der Waals surface area (Å²) in [6.07, 6.45) is 0. The smallest absolute Gasteiger partial charge is 0.128 e. The third kappa shape index (κ3) is 2.69. The van der Waals surface area contributed by atoms with Crippen molar-refractivity contribution in [1.29, 1.82) is 5.26 Å². The lowest BCUT2D eigenvalue weighted by atomic mass is 10.1. The molecule has 0 amide bonds. The Bertz CT molecular complexity index is 632. The number of halogens is 2. The van der Waals surface area contributed by atoms with Crippen LogP contribution >= 0.6 is 15.9 Å². The van der Waals surface area contributed by atoms with Crippen LogP contribution in [0.25, 0.3) is 0 Å². The Balaban J connectivity index is 2.34. The first-order chi connectivity index (χ1) is 8.60. The second-order valence-electron chi connectivity index (χ2n) is 3.89. The van der Waals surface area contributed by atoms with Gasteiger partial charge in [-0.1, -0.05) is 22.0 Å². The van der Waals surface area contributed by atoms with Crippen LogP contribution < -0.4 is 5.32 Å². The Kier molecular flexibility index (Phi) is 3.63. The van der Waals surface area contributed by atoms with Crippen LogP contribution in [0.2, 0.25) is 0 Å². The quantitative estimate of drug-likeness (QED) is 0.886. The van der Waals surface area contributed by atoms with Crippen LogP contribution in [-0.4, -0.2) is 0 Å². The van der Waals surface area contributed by atoms with Crippen LogP contribution in [0.1, 0.15) is 11.1 Å². The van der Waals surface area contributed by atoms with Gasteiger partial charge >= 0.3 is 0 Å². The number of nitriles is 1. The van der Waals surface area contributed by atoms with Gasteiger partial charge in [0.15, 0.2) is 0 Å². The summed E-state index contributed by atoms with van der Waals surface area (Å²) in [5.74, 6) is -0.268. The zero-order valence-electron chi connectivity index (χ0n) is 9.67. The Morgan fingerprint density at radius 3 is 2.67 bits per heavy atom. The van der Waals surface area contributed by atoms with Crippen molar-refractivity contribution in [3.63, 3.8) is 0 Å². The van der Waals surface area contributed by atoms with Gasteiger partial charge in [-0.05, 0) is 42.8 Å². The van der Waals surface area contributed by atoms with Crippen LogP contribution in [0.4, 0.5) is 15.8 Å². The molecule has 0 fully saturated rings. The summed E-state index contributed by atoms with van der Waals surface area (Å²) in [4.78, 5) is 0. The highest BCUT2D eigenvalue weighted by atomic mass is 79.9. The van der Waals surface area contributed by atoms with Crippen LogP contribution in [0.5, 0.6) is 0 Å². The largest absolute Gasteiger partial charge is 0.354 e. The van der Waals surface area contributed by atoms with Gasteiger partial charge in [0.1, 0.15) is 11.9 Å². The van der Waals surface area contributed by atoms with Crippen molar-refractivity contribution >= 4 is 27.3 Å². The number of hydrogen-bond acceptors (Lipinski definition) is 2. The molecule has 0 unspecified atom stereocenters. The lowest BCUT2D eigenvalue weighted by molar-refractivity contribution is 0.619. The van der Waals surface area contributed by atoms with Gasteiger partial charge < -0.3 is 5.32 Å². The number of aryl methyl sites for hydroxylation is 1. The third-order valence-corrected chi connectivity index (χ3v) is 3.05. The van der Waals surface area contributed by atoms with Crippen molar-refractivity contribution in [2.45, 2.75) is 6.92 Å². The van der Waals surface area contributed by atoms with Crippen LogP contribution in [-0.2, 0) is 0 Å². The standard InChI is InChI=1S/C14H10BrFN2/c1-9-2-4-12(7-13(9)16)18-14-5-3-11(15)6-10(14)8-17/h2-7,18H,1H3. The molecule has 2 aromatic rings. The molecule has 2 nitrogen and oxygen atoms in total. The molecule has 2 aromatic carbocycles. The van der Waals surface area contributed by atoms with Crippen LogP contribution in [0.3, 0.4) is 0 Å². The van der Waals surface area contributed by atoms with E-state index < -0.39 is 0 Å². The summed E-state index contributed by atoms with van der Waals surface area (Å²) in [7, 11) is 0. The molecule has 2 rings (SSSR count). The topological polar surface area (TPSA) is 35.8 Å². The summed E-state index contributed by atoms with van der Waals surface area (Å²) in [5, 5.41) is 12.1. The molecule has 0 bridgehead atoms. The van der Waals surface area contributed by atoms with E-state index in [0.717, 1.165) is 4.47 Å². The highest BCUT2D eigenvalue weighted by molar-refractivity contribution is 9.10. The number of rotatable bonds is 2. The monoisotopic (exact) mass is 304 g/mol. The van der Waals surface area contributed by atoms with Gasteiger partial charge in [-0.15, -0.1) is 0 Å². The van der Waals surface area contributed by atoms with Gasteiger partial charge in [-0.3, -0.25) is 0 Å². The Hall–Kier alpha value is -1.86. The zero-order valence-corrected chi connectivity index (χ0v) is 11.3. The fraction of sp³-hybridized carbons (Fsp3) is 0.0714. The highest BCUT2D eigenvalue weighted by Crippen LogP contribution is 2.24. The second kappa shape index (κ2) is 5.19. The molecule has 4 heteroatoms. The molecule has 18 heavy (non-hydrogen) atoms. The minimum Gasteiger partial charge on any atom is -0.354 e. The summed E-state index contributed by atoms with van der Waals surface area (Å²) in [6, 6.07) is 12.3. The molecule has 0 spiro atoms. The lowest BCUT2D eigenvalue weighted by Crippen LogP contribution is -1.95. The third-order valence-electron chi connectivity index (χ3n) is 2.55. The summed E-state index contributed by atoms with van der Waals surface area (Å²) >= 11 is 3.30. The zero-order chi connectivity index (χ0) is 13.1. The van der Waals surface area contributed by atoms with Gasteiger partial charge in [0.25, 0.3) is 0 Å². The van der Waals surface area contributed by atoms with E-state index in [-0.39, 0.29) is 5.82 Å². The van der Waals surface area contributed by atoms with E-state index in [4.69, 9.17) is 5.26 Å². The SMILES string of the molecule is Cc1ccc(Nc2ccc(Br)cc2C#N)cc1F. The van der Waals surface area contributed by atoms with E-state index in [0.29, 0.717) is 22.5 Å². The van der Waals surface area contributed by atoms with Crippen molar-refractivity contribution in [1.82, 2.24) is 0 Å². The minimum absolute atomic E-state index is 0.268. The van der Waals surface area contributed by atoms with E-state index in [2.05, 4.69) is 27.3 Å². The summed E-state index contributed by atoms with van der Waals surface area (Å²) in [5.41, 5.74) is 2.38. The predicted octanol–water partition coefficient (Wildman–Crippen LogP) is 4.51. The Morgan fingerprint density at radius 2 is 2.00 bits per heavy atom. The van der Waals surface area contributed by atoms with Gasteiger partial charge in [0.2, 0.25) is 0 Å². The first-order valence-electron chi connectivity index (χ1n) is 5.33. The van der Waals surface area contributed by atoms with E-state index in [9.17, 15) is 4.39 Å². The normalized spacial score (nSPS) is 9.89. The van der Waals surface area contributed by atoms with Crippen molar-refractivity contribution in [2.24, 2.45) is 0 Å². The van der Waals surface area contributed by atoms with E-state index in [1.807, 2.05) is 6.07 Å². The molecule has 0 saturated heterocycles. The maximum absolute atomic E-state index is 13.4. The predicted molar refractivity (Wildman–Crippen MR) is 73.3 cm³/mol. The molecule has 0 heterocycles. The van der Waals surface area contributed by atoms with Gasteiger partial charge in [-0.2, -0.15) is 5.26 Å². The van der Waals surface area contributed by atoms with E-state index in [1.54, 1.807) is 31.2 Å². The Labute approximate surface area is 113 Å². The number of hydrogen-bond donors (Lipinski definition) is 1. The highest BCUT2D eigenvalue weighted by Gasteiger charge is 2.04. The summed E-state index contributed by atoms with van der Waals surface area (Å²) in [6.45, 7) is 1.71. The second-order valence-corrected chi connectivity index (χ2v) is 4.81. The number of nitrogens with zero attached hydrogens (tertiary/aromatic N) is 1. The molecular formula is C14H10BrFN2. The molecule has 0 aliphatic rings.